The van der Waals surface area contributed by atoms with Crippen LogP contribution in [0, 0.1) is 24.7 Å². The number of anilines is 2. The van der Waals surface area contributed by atoms with E-state index < -0.39 is 0 Å². The second-order valence-electron chi connectivity index (χ2n) is 7.22. The minimum atomic E-state index is 0.0930. The van der Waals surface area contributed by atoms with E-state index in [1.54, 1.807) is 17.5 Å². The molecule has 3 aromatic heterocycles. The normalized spacial score (nSPS) is 18.1. The van der Waals surface area contributed by atoms with Crippen molar-refractivity contribution in [1.82, 2.24) is 19.9 Å². The Morgan fingerprint density at radius 1 is 1.27 bits per heavy atom. The maximum Gasteiger partial charge on any atom is 0.223 e. The highest BCUT2D eigenvalue weighted by Gasteiger charge is 2.25. The van der Waals surface area contributed by atoms with Crippen molar-refractivity contribution in [1.29, 1.82) is 0 Å². The van der Waals surface area contributed by atoms with Crippen molar-refractivity contribution in [3.63, 3.8) is 0 Å². The molecule has 9 heteroatoms. The van der Waals surface area contributed by atoms with E-state index in [1.165, 1.54) is 0 Å². The van der Waals surface area contributed by atoms with Crippen molar-refractivity contribution in [2.75, 3.05) is 17.7 Å². The van der Waals surface area contributed by atoms with Gasteiger partial charge < -0.3 is 16.2 Å². The zero-order valence-corrected chi connectivity index (χ0v) is 18.0. The van der Waals surface area contributed by atoms with Crippen LogP contribution in [0.2, 0.25) is 5.15 Å². The van der Waals surface area contributed by atoms with E-state index in [-0.39, 0.29) is 23.8 Å². The van der Waals surface area contributed by atoms with Gasteiger partial charge in [-0.2, -0.15) is 9.97 Å². The lowest BCUT2D eigenvalue weighted by Crippen LogP contribution is -2.19. The quantitative estimate of drug-likeness (QED) is 0.420. The summed E-state index contributed by atoms with van der Waals surface area (Å²) in [5.41, 5.74) is 8.72. The van der Waals surface area contributed by atoms with E-state index in [0.717, 1.165) is 41.2 Å². The predicted molar refractivity (Wildman–Crippen MR) is 119 cm³/mol. The number of aryl methyl sites for hydroxylation is 1. The molecule has 3 heterocycles. The fourth-order valence-electron chi connectivity index (χ4n) is 3.52. The van der Waals surface area contributed by atoms with Crippen molar-refractivity contribution >= 4 is 34.7 Å². The van der Waals surface area contributed by atoms with Crippen molar-refractivity contribution in [2.24, 2.45) is 5.92 Å². The smallest absolute Gasteiger partial charge is 0.223 e. The van der Waals surface area contributed by atoms with Gasteiger partial charge in [0, 0.05) is 29.8 Å². The molecule has 30 heavy (non-hydrogen) atoms. The first-order valence-corrected chi connectivity index (χ1v) is 10.9. The van der Waals surface area contributed by atoms with Crippen LogP contribution in [0.1, 0.15) is 36.1 Å². The third-order valence-corrected chi connectivity index (χ3v) is 6.15. The summed E-state index contributed by atoms with van der Waals surface area (Å²) in [4.78, 5) is 17.3. The molecular formula is C21H21ClN6OS. The predicted octanol–water partition coefficient (Wildman–Crippen LogP) is 3.51. The number of rotatable bonds is 4. The monoisotopic (exact) mass is 440 g/mol. The molecule has 154 valence electrons. The maximum atomic E-state index is 9.38. The summed E-state index contributed by atoms with van der Waals surface area (Å²) in [5.74, 6) is 7.14. The summed E-state index contributed by atoms with van der Waals surface area (Å²) in [5, 5.41) is 15.8. The van der Waals surface area contributed by atoms with E-state index in [1.807, 2.05) is 24.4 Å². The topological polar surface area (TPSA) is 110 Å². The molecule has 0 bridgehead atoms. The van der Waals surface area contributed by atoms with Crippen LogP contribution in [0.3, 0.4) is 0 Å². The zero-order chi connectivity index (χ0) is 21.1. The highest BCUT2D eigenvalue weighted by molar-refractivity contribution is 7.13. The number of nitrogens with two attached hydrogens (primary N) is 1. The van der Waals surface area contributed by atoms with Gasteiger partial charge in [0.25, 0.3) is 0 Å². The molecule has 0 aliphatic heterocycles. The van der Waals surface area contributed by atoms with Gasteiger partial charge in [0.2, 0.25) is 5.95 Å². The van der Waals surface area contributed by atoms with Gasteiger partial charge in [-0.05, 0) is 44.2 Å². The van der Waals surface area contributed by atoms with Gasteiger partial charge in [-0.1, -0.05) is 23.4 Å². The highest BCUT2D eigenvalue weighted by Crippen LogP contribution is 2.30. The van der Waals surface area contributed by atoms with E-state index in [9.17, 15) is 5.11 Å². The molecule has 0 spiro atoms. The minimum absolute atomic E-state index is 0.0930. The Kier molecular flexibility index (Phi) is 6.13. The lowest BCUT2D eigenvalue weighted by molar-refractivity contribution is 0.229. The second kappa shape index (κ2) is 8.96. The van der Waals surface area contributed by atoms with Gasteiger partial charge in [-0.3, -0.25) is 0 Å². The molecule has 3 aromatic rings. The van der Waals surface area contributed by atoms with E-state index >= 15 is 0 Å². The fourth-order valence-corrected chi connectivity index (χ4v) is 4.35. The first-order valence-electron chi connectivity index (χ1n) is 9.63. The third kappa shape index (κ3) is 4.54. The number of aliphatic hydroxyl groups excluding tert-OH is 1. The first kappa shape index (κ1) is 20.5. The van der Waals surface area contributed by atoms with Crippen LogP contribution in [-0.4, -0.2) is 37.7 Å². The molecule has 0 saturated heterocycles. The Balaban J connectivity index is 1.62. The summed E-state index contributed by atoms with van der Waals surface area (Å²) in [7, 11) is 0. The Morgan fingerprint density at radius 3 is 2.83 bits per heavy atom. The average molecular weight is 441 g/mol. The Hall–Kier alpha value is -2.73. The van der Waals surface area contributed by atoms with Gasteiger partial charge in [-0.25, -0.2) is 9.97 Å². The lowest BCUT2D eigenvalue weighted by atomic mass is 10.1. The number of halogens is 1. The molecule has 0 radical (unpaired) electrons. The minimum Gasteiger partial charge on any atom is -0.396 e. The zero-order valence-electron chi connectivity index (χ0n) is 16.4. The van der Waals surface area contributed by atoms with Gasteiger partial charge in [0.05, 0.1) is 11.4 Å². The number of nitrogens with zero attached hydrogens (tertiary/aromatic N) is 4. The molecule has 2 unspecified atom stereocenters. The third-order valence-electron chi connectivity index (χ3n) is 5.08. The van der Waals surface area contributed by atoms with E-state index in [0.29, 0.717) is 17.3 Å². The van der Waals surface area contributed by atoms with Crippen LogP contribution in [-0.2, 0) is 0 Å². The SMILES string of the molecule is Cc1nc(-c2nccs2)ccc1C#Cc1c(Cl)nc(N)nc1NC1CCC(CO)C1. The Morgan fingerprint density at radius 2 is 2.13 bits per heavy atom. The molecule has 1 saturated carbocycles. The van der Waals surface area contributed by atoms with Gasteiger partial charge in [0.1, 0.15) is 16.4 Å². The number of nitrogens with one attached hydrogen (secondary N) is 1. The van der Waals surface area contributed by atoms with Crippen LogP contribution >= 0.6 is 22.9 Å². The number of pyridine rings is 1. The molecule has 7 nitrogen and oxygen atoms in total. The molecule has 1 aliphatic carbocycles. The number of nitrogen functional groups attached to an aromatic ring is 1. The molecule has 0 aromatic carbocycles. The van der Waals surface area contributed by atoms with Crippen LogP contribution in [0.4, 0.5) is 11.8 Å². The van der Waals surface area contributed by atoms with Crippen LogP contribution in [0.25, 0.3) is 10.7 Å². The summed E-state index contributed by atoms with van der Waals surface area (Å²) in [6, 6.07) is 4.02. The van der Waals surface area contributed by atoms with E-state index in [2.05, 4.69) is 37.1 Å². The highest BCUT2D eigenvalue weighted by atomic mass is 35.5. The summed E-state index contributed by atoms with van der Waals surface area (Å²) < 4.78 is 0. The van der Waals surface area contributed by atoms with Crippen molar-refractivity contribution in [2.45, 2.75) is 32.2 Å². The number of hydrogen-bond acceptors (Lipinski definition) is 8. The van der Waals surface area contributed by atoms with E-state index in [4.69, 9.17) is 17.3 Å². The first-order chi connectivity index (χ1) is 14.5. The van der Waals surface area contributed by atoms with Crippen molar-refractivity contribution in [3.8, 4) is 22.5 Å². The summed E-state index contributed by atoms with van der Waals surface area (Å²) in [6.07, 6.45) is 4.54. The standard InChI is InChI=1S/C21H21ClN6OS/c1-12-14(4-7-17(25-12)20-24-8-9-30-20)3-6-16-18(22)27-21(23)28-19(16)26-15-5-2-13(10-15)11-29/h4,7-9,13,15,29H,2,5,10-11H2,1H3,(H3,23,26,27,28). The largest absolute Gasteiger partial charge is 0.396 e. The second-order valence-corrected chi connectivity index (χ2v) is 8.47. The Bertz CT molecular complexity index is 1110. The Labute approximate surface area is 183 Å². The molecule has 2 atom stereocenters. The van der Waals surface area contributed by atoms with Crippen LogP contribution in [0.15, 0.2) is 23.7 Å². The van der Waals surface area contributed by atoms with Crippen LogP contribution < -0.4 is 11.1 Å². The average Bonchev–Trinajstić information content (AvgIpc) is 3.40. The van der Waals surface area contributed by atoms with Gasteiger partial charge in [0.15, 0.2) is 5.15 Å². The number of aromatic nitrogens is 4. The van der Waals surface area contributed by atoms with Crippen LogP contribution in [0.5, 0.6) is 0 Å². The van der Waals surface area contributed by atoms with Crippen molar-refractivity contribution in [3.05, 3.63) is 45.7 Å². The number of hydrogen-bond donors (Lipinski definition) is 3. The number of thiazole rings is 1. The lowest BCUT2D eigenvalue weighted by Gasteiger charge is -2.15. The molecule has 4 rings (SSSR count). The maximum absolute atomic E-state index is 9.38. The van der Waals surface area contributed by atoms with Gasteiger partial charge >= 0.3 is 0 Å². The molecule has 0 amide bonds. The summed E-state index contributed by atoms with van der Waals surface area (Å²) in [6.45, 7) is 2.11. The molecule has 4 N–H and O–H groups in total. The fraction of sp³-hybridized carbons (Fsp3) is 0.333. The molecule has 1 fully saturated rings. The molecular weight excluding hydrogens is 420 g/mol. The van der Waals surface area contributed by atoms with Gasteiger partial charge in [-0.15, -0.1) is 11.3 Å². The summed E-state index contributed by atoms with van der Waals surface area (Å²) >= 11 is 7.88. The van der Waals surface area contributed by atoms with Crippen molar-refractivity contribution < 1.29 is 5.11 Å². The molecule has 1 aliphatic rings. The number of aliphatic hydroxyl groups is 1.